The summed E-state index contributed by atoms with van der Waals surface area (Å²) < 4.78 is 5.72. The second kappa shape index (κ2) is 5.54. The topological polar surface area (TPSA) is 78.4 Å². The van der Waals surface area contributed by atoms with Gasteiger partial charge < -0.3 is 10.5 Å². The molecule has 0 saturated carbocycles. The average Bonchev–Trinajstić information content (AvgIpc) is 2.86. The summed E-state index contributed by atoms with van der Waals surface area (Å²) >= 11 is 0. The van der Waals surface area contributed by atoms with Gasteiger partial charge in [0.1, 0.15) is 12.4 Å². The maximum atomic E-state index is 10.7. The average molecular weight is 284 g/mol. The molecule has 3 rings (SSSR count). The molecule has 0 saturated heterocycles. The quantitative estimate of drug-likeness (QED) is 0.691. The van der Waals surface area contributed by atoms with Crippen molar-refractivity contribution >= 4 is 5.69 Å². The molecule has 21 heavy (non-hydrogen) atoms. The van der Waals surface area contributed by atoms with Gasteiger partial charge in [-0.3, -0.25) is 10.1 Å². The summed E-state index contributed by atoms with van der Waals surface area (Å²) in [6.45, 7) is 0.312. The van der Waals surface area contributed by atoms with Crippen molar-refractivity contribution < 1.29 is 9.66 Å². The molecule has 0 amide bonds. The van der Waals surface area contributed by atoms with Crippen LogP contribution in [0.25, 0.3) is 0 Å². The predicted octanol–water partition coefficient (Wildman–Crippen LogP) is 3.12. The van der Waals surface area contributed by atoms with Crippen LogP contribution in [0.2, 0.25) is 0 Å². The van der Waals surface area contributed by atoms with Crippen molar-refractivity contribution in [1.29, 1.82) is 0 Å². The number of ether oxygens (including phenoxy) is 1. The number of hydrogen-bond acceptors (Lipinski definition) is 4. The number of nitro groups is 1. The molecule has 5 nitrogen and oxygen atoms in total. The van der Waals surface area contributed by atoms with Crippen LogP contribution in [0.5, 0.6) is 5.75 Å². The number of nitrogens with two attached hydrogens (primary N) is 1. The molecule has 1 atom stereocenters. The van der Waals surface area contributed by atoms with Crippen molar-refractivity contribution in [2.75, 3.05) is 0 Å². The van der Waals surface area contributed by atoms with E-state index < -0.39 is 4.92 Å². The van der Waals surface area contributed by atoms with Crippen LogP contribution in [0.1, 0.15) is 29.2 Å². The standard InChI is InChI=1S/C16H16N2O3/c17-16-7-4-12-9-14(5-6-15(12)16)21-10-11-2-1-3-13(8-11)18(19)20/h1-3,5-6,8-9,16H,4,7,10,17H2/t16-/m1/s1. The van der Waals surface area contributed by atoms with Crippen molar-refractivity contribution in [1.82, 2.24) is 0 Å². The van der Waals surface area contributed by atoms with Gasteiger partial charge in [0.2, 0.25) is 0 Å². The van der Waals surface area contributed by atoms with Gasteiger partial charge in [0.05, 0.1) is 4.92 Å². The Kier molecular flexibility index (Phi) is 3.58. The Bertz CT molecular complexity index is 685. The minimum atomic E-state index is -0.402. The summed E-state index contributed by atoms with van der Waals surface area (Å²) in [5, 5.41) is 10.7. The van der Waals surface area contributed by atoms with Crippen LogP contribution in [-0.4, -0.2) is 4.92 Å². The molecule has 0 radical (unpaired) electrons. The zero-order valence-corrected chi connectivity index (χ0v) is 11.5. The molecule has 5 heteroatoms. The number of fused-ring (bicyclic) bond motifs is 1. The van der Waals surface area contributed by atoms with E-state index in [2.05, 4.69) is 0 Å². The maximum absolute atomic E-state index is 10.7. The Morgan fingerprint density at radius 1 is 1.29 bits per heavy atom. The maximum Gasteiger partial charge on any atom is 0.269 e. The molecular weight excluding hydrogens is 268 g/mol. The van der Waals surface area contributed by atoms with Gasteiger partial charge in [-0.05, 0) is 41.7 Å². The van der Waals surface area contributed by atoms with Crippen LogP contribution in [-0.2, 0) is 13.0 Å². The third-order valence-corrected chi connectivity index (χ3v) is 3.77. The van der Waals surface area contributed by atoms with E-state index in [1.54, 1.807) is 6.07 Å². The van der Waals surface area contributed by atoms with E-state index in [9.17, 15) is 10.1 Å². The Morgan fingerprint density at radius 2 is 2.14 bits per heavy atom. The molecule has 2 aromatic rings. The second-order valence-corrected chi connectivity index (χ2v) is 5.22. The number of hydrogen-bond donors (Lipinski definition) is 1. The molecule has 0 aromatic heterocycles. The minimum absolute atomic E-state index is 0.0797. The first-order valence-electron chi connectivity index (χ1n) is 6.88. The number of non-ortho nitro benzene ring substituents is 1. The molecular formula is C16H16N2O3. The van der Waals surface area contributed by atoms with Gasteiger partial charge in [0.25, 0.3) is 5.69 Å². The highest BCUT2D eigenvalue weighted by molar-refractivity contribution is 5.41. The van der Waals surface area contributed by atoms with Crippen LogP contribution < -0.4 is 10.5 Å². The van der Waals surface area contributed by atoms with Gasteiger partial charge in [0.15, 0.2) is 0 Å². The Balaban J connectivity index is 1.71. The van der Waals surface area contributed by atoms with Crippen LogP contribution in [0, 0.1) is 10.1 Å². The molecule has 0 heterocycles. The summed E-state index contributed by atoms with van der Waals surface area (Å²) in [6, 6.07) is 12.5. The monoisotopic (exact) mass is 284 g/mol. The van der Waals surface area contributed by atoms with Gasteiger partial charge >= 0.3 is 0 Å². The first-order chi connectivity index (χ1) is 10.1. The Morgan fingerprint density at radius 3 is 2.95 bits per heavy atom. The Hall–Kier alpha value is -2.40. The van der Waals surface area contributed by atoms with Crippen LogP contribution >= 0.6 is 0 Å². The molecule has 1 aliphatic rings. The normalized spacial score (nSPS) is 16.5. The highest BCUT2D eigenvalue weighted by Gasteiger charge is 2.19. The van der Waals surface area contributed by atoms with E-state index in [1.807, 2.05) is 24.3 Å². The largest absolute Gasteiger partial charge is 0.489 e. The van der Waals surface area contributed by atoms with Crippen molar-refractivity contribution in [2.24, 2.45) is 5.73 Å². The van der Waals surface area contributed by atoms with E-state index in [1.165, 1.54) is 23.3 Å². The van der Waals surface area contributed by atoms with Gasteiger partial charge in [-0.25, -0.2) is 0 Å². The summed E-state index contributed by atoms with van der Waals surface area (Å²) in [6.07, 6.45) is 1.95. The van der Waals surface area contributed by atoms with Crippen molar-refractivity contribution in [2.45, 2.75) is 25.5 Å². The third-order valence-electron chi connectivity index (χ3n) is 3.77. The van der Waals surface area contributed by atoms with Crippen molar-refractivity contribution in [3.05, 3.63) is 69.3 Å². The van der Waals surface area contributed by atoms with Gasteiger partial charge in [-0.15, -0.1) is 0 Å². The number of rotatable bonds is 4. The minimum Gasteiger partial charge on any atom is -0.489 e. The lowest BCUT2D eigenvalue weighted by atomic mass is 10.1. The van der Waals surface area contributed by atoms with E-state index in [4.69, 9.17) is 10.5 Å². The van der Waals surface area contributed by atoms with E-state index in [-0.39, 0.29) is 11.7 Å². The summed E-state index contributed by atoms with van der Waals surface area (Å²) in [7, 11) is 0. The first kappa shape index (κ1) is 13.6. The lowest BCUT2D eigenvalue weighted by molar-refractivity contribution is -0.384. The molecule has 2 N–H and O–H groups in total. The highest BCUT2D eigenvalue weighted by Crippen LogP contribution is 2.32. The number of benzene rings is 2. The van der Waals surface area contributed by atoms with Crippen LogP contribution in [0.4, 0.5) is 5.69 Å². The fourth-order valence-electron chi connectivity index (χ4n) is 2.64. The van der Waals surface area contributed by atoms with E-state index in [0.717, 1.165) is 24.2 Å². The van der Waals surface area contributed by atoms with Gasteiger partial charge in [0, 0.05) is 18.2 Å². The molecule has 0 fully saturated rings. The number of nitro benzene ring substituents is 1. The molecule has 2 aromatic carbocycles. The SMILES string of the molecule is N[C@@H]1CCc2cc(OCc3cccc([N+](=O)[O-])c3)ccc21. The molecule has 0 bridgehead atoms. The zero-order chi connectivity index (χ0) is 14.8. The number of nitrogens with zero attached hydrogens (tertiary/aromatic N) is 1. The van der Waals surface area contributed by atoms with Gasteiger partial charge in [-0.1, -0.05) is 18.2 Å². The zero-order valence-electron chi connectivity index (χ0n) is 11.5. The van der Waals surface area contributed by atoms with Crippen molar-refractivity contribution in [3.8, 4) is 5.75 Å². The predicted molar refractivity (Wildman–Crippen MR) is 79.1 cm³/mol. The molecule has 1 aliphatic carbocycles. The Labute approximate surface area is 122 Å². The second-order valence-electron chi connectivity index (χ2n) is 5.22. The lowest BCUT2D eigenvalue weighted by Crippen LogP contribution is -2.05. The van der Waals surface area contributed by atoms with E-state index >= 15 is 0 Å². The number of aryl methyl sites for hydroxylation is 1. The van der Waals surface area contributed by atoms with Crippen LogP contribution in [0.15, 0.2) is 42.5 Å². The van der Waals surface area contributed by atoms with E-state index in [0.29, 0.717) is 6.61 Å². The third kappa shape index (κ3) is 2.87. The first-order valence-corrected chi connectivity index (χ1v) is 6.88. The summed E-state index contributed by atoms with van der Waals surface area (Å²) in [5.74, 6) is 0.773. The molecule has 0 aliphatic heterocycles. The fraction of sp³-hybridized carbons (Fsp3) is 0.250. The van der Waals surface area contributed by atoms with Crippen LogP contribution in [0.3, 0.4) is 0 Å². The van der Waals surface area contributed by atoms with Gasteiger partial charge in [-0.2, -0.15) is 0 Å². The molecule has 108 valence electrons. The smallest absolute Gasteiger partial charge is 0.269 e. The molecule has 0 unspecified atom stereocenters. The lowest BCUT2D eigenvalue weighted by Gasteiger charge is -2.09. The summed E-state index contributed by atoms with van der Waals surface area (Å²) in [4.78, 5) is 10.3. The highest BCUT2D eigenvalue weighted by atomic mass is 16.6. The van der Waals surface area contributed by atoms with Crippen molar-refractivity contribution in [3.63, 3.8) is 0 Å². The fourth-order valence-corrected chi connectivity index (χ4v) is 2.64. The summed E-state index contributed by atoms with van der Waals surface area (Å²) in [5.41, 5.74) is 9.29. The molecule has 0 spiro atoms.